The van der Waals surface area contributed by atoms with Gasteiger partial charge >= 0.3 is 0 Å². The average molecular weight is 415 g/mol. The van der Waals surface area contributed by atoms with Gasteiger partial charge in [-0.2, -0.15) is 5.26 Å². The first-order valence-corrected chi connectivity index (χ1v) is 9.49. The Hall–Kier alpha value is -4.31. The van der Waals surface area contributed by atoms with Gasteiger partial charge in [-0.05, 0) is 55.3 Å². The molecule has 7 heteroatoms. The van der Waals surface area contributed by atoms with Crippen LogP contribution in [0.4, 0.5) is 5.69 Å². The Morgan fingerprint density at radius 3 is 2.71 bits per heavy atom. The number of ether oxygens (including phenoxy) is 1. The lowest BCUT2D eigenvalue weighted by Crippen LogP contribution is -2.22. The molecule has 1 heterocycles. The number of carboxylic acid groups (broad SMARTS) is 1. The quantitative estimate of drug-likeness (QED) is 0.466. The van der Waals surface area contributed by atoms with Gasteiger partial charge in [-0.3, -0.25) is 4.79 Å². The van der Waals surface area contributed by atoms with Crippen molar-refractivity contribution in [3.63, 3.8) is 0 Å². The fourth-order valence-corrected chi connectivity index (χ4v) is 2.91. The first kappa shape index (κ1) is 21.4. The first-order valence-electron chi connectivity index (χ1n) is 9.49. The summed E-state index contributed by atoms with van der Waals surface area (Å²) in [6, 6.07) is 16.5. The van der Waals surface area contributed by atoms with Crippen LogP contribution < -0.4 is 15.2 Å². The molecule has 2 aromatic carbocycles. The van der Waals surface area contributed by atoms with Crippen LogP contribution in [0.2, 0.25) is 0 Å². The van der Waals surface area contributed by atoms with E-state index in [2.05, 4.69) is 5.32 Å². The zero-order valence-electron chi connectivity index (χ0n) is 17.0. The lowest BCUT2D eigenvalue weighted by Gasteiger charge is -2.08. The maximum absolute atomic E-state index is 12.5. The second kappa shape index (κ2) is 9.46. The smallest absolute Gasteiger partial charge is 0.266 e. The van der Waals surface area contributed by atoms with Crippen molar-refractivity contribution in [2.75, 3.05) is 11.9 Å². The van der Waals surface area contributed by atoms with Crippen molar-refractivity contribution < 1.29 is 23.8 Å². The van der Waals surface area contributed by atoms with E-state index < -0.39 is 11.9 Å². The van der Waals surface area contributed by atoms with E-state index in [-0.39, 0.29) is 16.9 Å². The van der Waals surface area contributed by atoms with Crippen molar-refractivity contribution in [1.29, 1.82) is 5.26 Å². The molecule has 1 aromatic heterocycles. The van der Waals surface area contributed by atoms with Crippen LogP contribution in [-0.2, 0) is 4.79 Å². The van der Waals surface area contributed by atoms with Crippen LogP contribution in [0, 0.1) is 18.3 Å². The number of carboxylic acids is 1. The van der Waals surface area contributed by atoms with E-state index in [4.69, 9.17) is 9.15 Å². The Morgan fingerprint density at radius 2 is 2.00 bits per heavy atom. The van der Waals surface area contributed by atoms with E-state index in [9.17, 15) is 20.0 Å². The summed E-state index contributed by atoms with van der Waals surface area (Å²) in [5.74, 6) is -0.585. The first-order chi connectivity index (χ1) is 14.9. The molecular formula is C24H19N2O5-. The van der Waals surface area contributed by atoms with Gasteiger partial charge in [-0.1, -0.05) is 18.2 Å². The standard InChI is InChI=1S/C24H20N2O5/c1-3-30-19-6-4-5-18(13-19)26-23(27)17(14-25)11-20-9-10-22(31-20)21-12-16(24(28)29)8-7-15(21)2/h4-13H,3H2,1-2H3,(H,26,27)(H,28,29)/p-1/b17-11+. The third-order valence-electron chi connectivity index (χ3n) is 4.42. The van der Waals surface area contributed by atoms with Gasteiger partial charge in [0.2, 0.25) is 0 Å². The van der Waals surface area contributed by atoms with Gasteiger partial charge in [0.25, 0.3) is 5.91 Å². The number of nitrogens with zero attached hydrogens (tertiary/aromatic N) is 1. The number of anilines is 1. The van der Waals surface area contributed by atoms with Crippen LogP contribution in [-0.4, -0.2) is 18.5 Å². The second-order valence-electron chi connectivity index (χ2n) is 6.60. The van der Waals surface area contributed by atoms with E-state index in [1.165, 1.54) is 18.2 Å². The van der Waals surface area contributed by atoms with Gasteiger partial charge in [0.15, 0.2) is 0 Å². The van der Waals surface area contributed by atoms with E-state index >= 15 is 0 Å². The number of carbonyl (C=O) groups is 2. The van der Waals surface area contributed by atoms with Crippen molar-refractivity contribution in [3.05, 3.63) is 77.1 Å². The number of carbonyl (C=O) groups excluding carboxylic acids is 2. The molecule has 3 aromatic rings. The minimum Gasteiger partial charge on any atom is -0.545 e. The molecule has 0 aliphatic heterocycles. The number of rotatable bonds is 7. The predicted molar refractivity (Wildman–Crippen MR) is 113 cm³/mol. The topological polar surface area (TPSA) is 115 Å². The molecule has 156 valence electrons. The number of hydrogen-bond donors (Lipinski definition) is 1. The highest BCUT2D eigenvalue weighted by Crippen LogP contribution is 2.27. The van der Waals surface area contributed by atoms with Crippen molar-refractivity contribution in [1.82, 2.24) is 0 Å². The second-order valence-corrected chi connectivity index (χ2v) is 6.60. The van der Waals surface area contributed by atoms with Crippen molar-refractivity contribution in [2.24, 2.45) is 0 Å². The summed E-state index contributed by atoms with van der Waals surface area (Å²) in [4.78, 5) is 23.6. The van der Waals surface area contributed by atoms with E-state index in [1.807, 2.05) is 19.9 Å². The summed E-state index contributed by atoms with van der Waals surface area (Å²) < 4.78 is 11.1. The fraction of sp³-hybridized carbons (Fsp3) is 0.125. The van der Waals surface area contributed by atoms with Gasteiger partial charge < -0.3 is 24.4 Å². The van der Waals surface area contributed by atoms with E-state index in [0.717, 1.165) is 5.56 Å². The molecule has 0 saturated carbocycles. The van der Waals surface area contributed by atoms with E-state index in [0.29, 0.717) is 29.4 Å². The molecule has 0 unspecified atom stereocenters. The molecule has 0 fully saturated rings. The van der Waals surface area contributed by atoms with Gasteiger partial charge in [-0.25, -0.2) is 0 Å². The number of benzene rings is 2. The Kier molecular flexibility index (Phi) is 6.53. The summed E-state index contributed by atoms with van der Waals surface area (Å²) in [5, 5.41) is 23.2. The molecule has 0 aliphatic carbocycles. The Balaban J connectivity index is 1.83. The zero-order valence-corrected chi connectivity index (χ0v) is 17.0. The molecule has 0 radical (unpaired) electrons. The van der Waals surface area contributed by atoms with Crippen LogP contribution in [0.15, 0.2) is 64.6 Å². The number of aryl methyl sites for hydroxylation is 1. The van der Waals surface area contributed by atoms with Gasteiger partial charge in [-0.15, -0.1) is 0 Å². The van der Waals surface area contributed by atoms with Crippen LogP contribution in [0.5, 0.6) is 5.75 Å². The highest BCUT2D eigenvalue weighted by atomic mass is 16.5. The molecule has 0 aliphatic rings. The van der Waals surface area contributed by atoms with Crippen LogP contribution in [0.3, 0.4) is 0 Å². The maximum atomic E-state index is 12.5. The molecule has 1 amide bonds. The summed E-state index contributed by atoms with van der Waals surface area (Å²) in [6.45, 7) is 4.17. The fourth-order valence-electron chi connectivity index (χ4n) is 2.91. The van der Waals surface area contributed by atoms with Gasteiger partial charge in [0.05, 0.1) is 12.6 Å². The number of amides is 1. The number of hydrogen-bond acceptors (Lipinski definition) is 6. The highest BCUT2D eigenvalue weighted by Gasteiger charge is 2.13. The highest BCUT2D eigenvalue weighted by molar-refractivity contribution is 6.09. The van der Waals surface area contributed by atoms with Gasteiger partial charge in [0, 0.05) is 23.4 Å². The molecule has 1 N–H and O–H groups in total. The SMILES string of the molecule is CCOc1cccc(NC(=O)/C(C#N)=C/c2ccc(-c3cc(C(=O)[O-])ccc3C)o2)c1. The van der Waals surface area contributed by atoms with Crippen LogP contribution in [0.25, 0.3) is 17.4 Å². The monoisotopic (exact) mass is 415 g/mol. The Bertz CT molecular complexity index is 1200. The van der Waals surface area contributed by atoms with Crippen LogP contribution >= 0.6 is 0 Å². The molecule has 0 spiro atoms. The van der Waals surface area contributed by atoms with Crippen molar-refractivity contribution >= 4 is 23.6 Å². The number of aromatic carboxylic acids is 1. The number of furan rings is 1. The minimum atomic E-state index is -1.29. The lowest BCUT2D eigenvalue weighted by atomic mass is 10.0. The Morgan fingerprint density at radius 1 is 1.19 bits per heavy atom. The average Bonchev–Trinajstić information content (AvgIpc) is 3.21. The molecule has 0 saturated heterocycles. The third-order valence-corrected chi connectivity index (χ3v) is 4.42. The molecule has 7 nitrogen and oxygen atoms in total. The summed E-state index contributed by atoms with van der Waals surface area (Å²) in [7, 11) is 0. The summed E-state index contributed by atoms with van der Waals surface area (Å²) in [6.07, 6.45) is 1.32. The van der Waals surface area contributed by atoms with Crippen LogP contribution in [0.1, 0.15) is 28.6 Å². The lowest BCUT2D eigenvalue weighted by molar-refractivity contribution is -0.255. The number of nitriles is 1. The zero-order chi connectivity index (χ0) is 22.4. The van der Waals surface area contributed by atoms with E-state index in [1.54, 1.807) is 42.5 Å². The minimum absolute atomic E-state index is 0.0282. The summed E-state index contributed by atoms with van der Waals surface area (Å²) in [5.41, 5.74) is 1.76. The Labute approximate surface area is 179 Å². The number of nitrogens with one attached hydrogen (secondary N) is 1. The largest absolute Gasteiger partial charge is 0.545 e. The predicted octanol–water partition coefficient (Wildman–Crippen LogP) is 3.56. The molecule has 0 atom stereocenters. The molecule has 31 heavy (non-hydrogen) atoms. The van der Waals surface area contributed by atoms with Crippen molar-refractivity contribution in [2.45, 2.75) is 13.8 Å². The molecule has 0 bridgehead atoms. The molecular weight excluding hydrogens is 396 g/mol. The summed E-state index contributed by atoms with van der Waals surface area (Å²) >= 11 is 0. The van der Waals surface area contributed by atoms with Gasteiger partial charge in [0.1, 0.15) is 28.9 Å². The molecule has 3 rings (SSSR count). The van der Waals surface area contributed by atoms with Crippen molar-refractivity contribution in [3.8, 4) is 23.1 Å². The normalized spacial score (nSPS) is 10.9. The third kappa shape index (κ3) is 5.19. The maximum Gasteiger partial charge on any atom is 0.266 e.